The van der Waals surface area contributed by atoms with Crippen molar-refractivity contribution in [2.24, 2.45) is 5.73 Å². The number of hydrogen-bond acceptors (Lipinski definition) is 4. The number of amides is 1. The molecule has 0 aromatic heterocycles. The Bertz CT molecular complexity index is 467. The summed E-state index contributed by atoms with van der Waals surface area (Å²) in [6, 6.07) is 4.47. The molecule has 0 radical (unpaired) electrons. The molecule has 0 aliphatic carbocycles. The Labute approximate surface area is 111 Å². The first kappa shape index (κ1) is 13.6. The lowest BCUT2D eigenvalue weighted by Crippen LogP contribution is -2.32. The molecular formula is C13H17FN2O3. The molecule has 1 heterocycles. The third-order valence-corrected chi connectivity index (χ3v) is 3.06. The highest BCUT2D eigenvalue weighted by Gasteiger charge is 2.24. The van der Waals surface area contributed by atoms with Gasteiger partial charge in [-0.25, -0.2) is 9.18 Å². The van der Waals surface area contributed by atoms with Crippen LogP contribution in [0.15, 0.2) is 18.2 Å². The highest BCUT2D eigenvalue weighted by molar-refractivity contribution is 5.68. The molecular weight excluding hydrogens is 251 g/mol. The lowest BCUT2D eigenvalue weighted by atomic mass is 10.2. The third kappa shape index (κ3) is 3.35. The molecule has 19 heavy (non-hydrogen) atoms. The van der Waals surface area contributed by atoms with Gasteiger partial charge in [-0.1, -0.05) is 6.07 Å². The average Bonchev–Trinajstić information content (AvgIpc) is 2.83. The van der Waals surface area contributed by atoms with Crippen molar-refractivity contribution in [3.05, 3.63) is 29.6 Å². The molecule has 0 bridgehead atoms. The number of nitrogens with zero attached hydrogens (tertiary/aromatic N) is 1. The predicted octanol–water partition coefficient (Wildman–Crippen LogP) is 1.50. The summed E-state index contributed by atoms with van der Waals surface area (Å²) in [5.41, 5.74) is 6.29. The van der Waals surface area contributed by atoms with Crippen LogP contribution in [0.5, 0.6) is 5.75 Å². The molecule has 5 nitrogen and oxygen atoms in total. The monoisotopic (exact) mass is 268 g/mol. The zero-order chi connectivity index (χ0) is 13.8. The van der Waals surface area contributed by atoms with E-state index in [0.717, 1.165) is 6.42 Å². The molecule has 1 unspecified atom stereocenters. The van der Waals surface area contributed by atoms with Crippen molar-refractivity contribution in [2.75, 3.05) is 20.2 Å². The van der Waals surface area contributed by atoms with E-state index in [1.54, 1.807) is 11.0 Å². The number of carbonyl (C=O) groups excluding carboxylic acids is 1. The molecule has 1 aliphatic rings. The van der Waals surface area contributed by atoms with Gasteiger partial charge in [-0.15, -0.1) is 0 Å². The fourth-order valence-corrected chi connectivity index (χ4v) is 1.99. The van der Waals surface area contributed by atoms with Crippen LogP contribution in [-0.4, -0.2) is 37.2 Å². The fraction of sp³-hybridized carbons (Fsp3) is 0.462. The second-order valence-electron chi connectivity index (χ2n) is 4.52. The topological polar surface area (TPSA) is 64.8 Å². The van der Waals surface area contributed by atoms with E-state index in [1.165, 1.54) is 19.2 Å². The molecule has 1 aromatic rings. The van der Waals surface area contributed by atoms with Crippen LogP contribution in [0.2, 0.25) is 0 Å². The average molecular weight is 268 g/mol. The standard InChI is InChI=1S/C13H17FN2O3/c1-18-12-3-2-9(6-11(12)14)8-19-13(17)16-5-4-10(15)7-16/h2-3,6,10H,4-5,7-8,15H2,1H3. The van der Waals surface area contributed by atoms with Gasteiger partial charge >= 0.3 is 6.09 Å². The predicted molar refractivity (Wildman–Crippen MR) is 67.3 cm³/mol. The normalized spacial score (nSPS) is 18.5. The summed E-state index contributed by atoms with van der Waals surface area (Å²) in [4.78, 5) is 13.3. The molecule has 0 saturated carbocycles. The summed E-state index contributed by atoms with van der Waals surface area (Å²) in [6.45, 7) is 1.15. The van der Waals surface area contributed by atoms with Gasteiger partial charge in [0.15, 0.2) is 11.6 Å². The number of methoxy groups -OCH3 is 1. The van der Waals surface area contributed by atoms with E-state index in [9.17, 15) is 9.18 Å². The van der Waals surface area contributed by atoms with Crippen LogP contribution < -0.4 is 10.5 Å². The van der Waals surface area contributed by atoms with Gasteiger partial charge in [0, 0.05) is 19.1 Å². The molecule has 6 heteroatoms. The fourth-order valence-electron chi connectivity index (χ4n) is 1.99. The maximum atomic E-state index is 13.4. The number of halogens is 1. The Balaban J connectivity index is 1.88. The van der Waals surface area contributed by atoms with Crippen LogP contribution in [0, 0.1) is 5.82 Å². The highest BCUT2D eigenvalue weighted by Crippen LogP contribution is 2.18. The van der Waals surface area contributed by atoms with Crippen LogP contribution in [0.1, 0.15) is 12.0 Å². The molecule has 2 rings (SSSR count). The number of benzene rings is 1. The number of ether oxygens (including phenoxy) is 2. The molecule has 1 aliphatic heterocycles. The van der Waals surface area contributed by atoms with E-state index in [2.05, 4.69) is 0 Å². The van der Waals surface area contributed by atoms with E-state index < -0.39 is 11.9 Å². The summed E-state index contributed by atoms with van der Waals surface area (Å²) in [6.07, 6.45) is 0.371. The smallest absolute Gasteiger partial charge is 0.410 e. The van der Waals surface area contributed by atoms with Crippen molar-refractivity contribution in [3.8, 4) is 5.75 Å². The molecule has 0 spiro atoms. The van der Waals surface area contributed by atoms with Gasteiger partial charge in [-0.2, -0.15) is 0 Å². The van der Waals surface area contributed by atoms with Gasteiger partial charge in [0.2, 0.25) is 0 Å². The summed E-state index contributed by atoms with van der Waals surface area (Å²) in [5.74, 6) is -0.306. The van der Waals surface area contributed by atoms with Crippen LogP contribution in [-0.2, 0) is 11.3 Å². The van der Waals surface area contributed by atoms with Crippen molar-refractivity contribution in [2.45, 2.75) is 19.1 Å². The van der Waals surface area contributed by atoms with Crippen molar-refractivity contribution in [3.63, 3.8) is 0 Å². The maximum absolute atomic E-state index is 13.4. The van der Waals surface area contributed by atoms with Gasteiger partial charge in [0.1, 0.15) is 6.61 Å². The van der Waals surface area contributed by atoms with Crippen LogP contribution in [0.25, 0.3) is 0 Å². The number of rotatable bonds is 3. The summed E-state index contributed by atoms with van der Waals surface area (Å²) in [5, 5.41) is 0. The second kappa shape index (κ2) is 5.88. The van der Waals surface area contributed by atoms with E-state index in [-0.39, 0.29) is 18.4 Å². The Kier molecular flexibility index (Phi) is 4.21. The first-order chi connectivity index (χ1) is 9.10. The molecule has 1 atom stereocenters. The summed E-state index contributed by atoms with van der Waals surface area (Å²) < 4.78 is 23.4. The van der Waals surface area contributed by atoms with E-state index >= 15 is 0 Å². The van der Waals surface area contributed by atoms with Gasteiger partial charge in [-0.3, -0.25) is 0 Å². The third-order valence-electron chi connectivity index (χ3n) is 3.06. The van der Waals surface area contributed by atoms with Gasteiger partial charge in [0.25, 0.3) is 0 Å². The molecule has 1 aromatic carbocycles. The molecule has 1 fully saturated rings. The number of nitrogens with two attached hydrogens (primary N) is 1. The SMILES string of the molecule is COc1ccc(COC(=O)N2CCC(N)C2)cc1F. The van der Waals surface area contributed by atoms with Gasteiger partial charge < -0.3 is 20.1 Å². The van der Waals surface area contributed by atoms with Crippen molar-refractivity contribution >= 4 is 6.09 Å². The van der Waals surface area contributed by atoms with Gasteiger partial charge in [-0.05, 0) is 24.1 Å². The molecule has 104 valence electrons. The largest absolute Gasteiger partial charge is 0.494 e. The first-order valence-corrected chi connectivity index (χ1v) is 6.10. The molecule has 1 amide bonds. The zero-order valence-corrected chi connectivity index (χ0v) is 10.8. The lowest BCUT2D eigenvalue weighted by molar-refractivity contribution is 0.104. The second-order valence-corrected chi connectivity index (χ2v) is 4.52. The zero-order valence-electron chi connectivity index (χ0n) is 10.8. The van der Waals surface area contributed by atoms with Crippen LogP contribution in [0.3, 0.4) is 0 Å². The minimum Gasteiger partial charge on any atom is -0.494 e. The molecule has 2 N–H and O–H groups in total. The number of likely N-dealkylation sites (tertiary alicyclic amines) is 1. The van der Waals surface area contributed by atoms with Crippen molar-refractivity contribution in [1.82, 2.24) is 4.90 Å². The quantitative estimate of drug-likeness (QED) is 0.902. The summed E-state index contributed by atoms with van der Waals surface area (Å²) in [7, 11) is 1.40. The van der Waals surface area contributed by atoms with Crippen LogP contribution in [0.4, 0.5) is 9.18 Å². The van der Waals surface area contributed by atoms with E-state index in [4.69, 9.17) is 15.2 Å². The Morgan fingerprint density at radius 2 is 2.37 bits per heavy atom. The van der Waals surface area contributed by atoms with E-state index in [1.807, 2.05) is 0 Å². The minimum atomic E-state index is -0.473. The van der Waals surface area contributed by atoms with E-state index in [0.29, 0.717) is 18.7 Å². The minimum absolute atomic E-state index is 0.0194. The Morgan fingerprint density at radius 1 is 1.58 bits per heavy atom. The van der Waals surface area contributed by atoms with Gasteiger partial charge in [0.05, 0.1) is 7.11 Å². The number of carbonyl (C=O) groups is 1. The van der Waals surface area contributed by atoms with Crippen molar-refractivity contribution < 1.29 is 18.7 Å². The summed E-state index contributed by atoms with van der Waals surface area (Å²) >= 11 is 0. The molecule has 1 saturated heterocycles. The van der Waals surface area contributed by atoms with Crippen LogP contribution >= 0.6 is 0 Å². The first-order valence-electron chi connectivity index (χ1n) is 6.10. The number of hydrogen-bond donors (Lipinski definition) is 1. The Hall–Kier alpha value is -1.82. The highest BCUT2D eigenvalue weighted by atomic mass is 19.1. The van der Waals surface area contributed by atoms with Crippen molar-refractivity contribution in [1.29, 1.82) is 0 Å². The lowest BCUT2D eigenvalue weighted by Gasteiger charge is -2.15. The Morgan fingerprint density at radius 3 is 2.95 bits per heavy atom. The maximum Gasteiger partial charge on any atom is 0.410 e.